The minimum Gasteiger partial charge on any atom is -0.497 e. The van der Waals surface area contributed by atoms with Crippen LogP contribution in [0.3, 0.4) is 0 Å². The number of anilines is 1. The molecule has 0 saturated heterocycles. The van der Waals surface area contributed by atoms with E-state index in [4.69, 9.17) is 4.74 Å². The predicted molar refractivity (Wildman–Crippen MR) is 138 cm³/mol. The lowest BCUT2D eigenvalue weighted by Crippen LogP contribution is -2.39. The lowest BCUT2D eigenvalue weighted by molar-refractivity contribution is -0.119. The van der Waals surface area contributed by atoms with Gasteiger partial charge in [-0.05, 0) is 90.5 Å². The fraction of sp³-hybridized carbons (Fsp3) is 0.167. The first kappa shape index (κ1) is 24.7. The van der Waals surface area contributed by atoms with Crippen molar-refractivity contribution in [2.75, 3.05) is 18.0 Å². The van der Waals surface area contributed by atoms with E-state index in [9.17, 15) is 13.2 Å². The van der Waals surface area contributed by atoms with Gasteiger partial charge in [-0.3, -0.25) is 9.10 Å². The van der Waals surface area contributed by atoms with Crippen molar-refractivity contribution >= 4 is 49.9 Å². The van der Waals surface area contributed by atoms with Crippen LogP contribution < -0.4 is 14.5 Å². The minimum absolute atomic E-state index is 0.0511. The smallest absolute Gasteiger partial charge is 0.264 e. The molecule has 3 aromatic carbocycles. The van der Waals surface area contributed by atoms with E-state index in [-0.39, 0.29) is 4.90 Å². The Balaban J connectivity index is 1.87. The van der Waals surface area contributed by atoms with Crippen LogP contribution in [0.25, 0.3) is 0 Å². The maximum absolute atomic E-state index is 13.4. The zero-order valence-electron chi connectivity index (χ0n) is 18.4. The summed E-state index contributed by atoms with van der Waals surface area (Å²) in [6.45, 7) is 3.25. The summed E-state index contributed by atoms with van der Waals surface area (Å²) in [5.41, 5.74) is 5.31. The fourth-order valence-electron chi connectivity index (χ4n) is 2.99. The van der Waals surface area contributed by atoms with Gasteiger partial charge in [0.2, 0.25) is 0 Å². The molecule has 0 aliphatic carbocycles. The predicted octanol–water partition coefficient (Wildman–Crippen LogP) is 4.34. The summed E-state index contributed by atoms with van der Waals surface area (Å²) < 4.78 is 34.1. The van der Waals surface area contributed by atoms with Crippen LogP contribution in [0, 0.1) is 10.5 Å². The van der Waals surface area contributed by atoms with Gasteiger partial charge in [0, 0.05) is 3.57 Å². The van der Waals surface area contributed by atoms with Gasteiger partial charge in [0.25, 0.3) is 15.9 Å². The Bertz CT molecular complexity index is 1260. The van der Waals surface area contributed by atoms with Gasteiger partial charge in [0.15, 0.2) is 0 Å². The first-order chi connectivity index (χ1) is 15.7. The number of amides is 1. The second-order valence-electron chi connectivity index (χ2n) is 7.27. The number of nitrogens with zero attached hydrogens (tertiary/aromatic N) is 2. The van der Waals surface area contributed by atoms with E-state index < -0.39 is 22.5 Å². The van der Waals surface area contributed by atoms with Crippen molar-refractivity contribution in [1.29, 1.82) is 0 Å². The number of hydrogen-bond acceptors (Lipinski definition) is 5. The molecule has 0 heterocycles. The van der Waals surface area contributed by atoms with Crippen LogP contribution >= 0.6 is 22.6 Å². The quantitative estimate of drug-likeness (QED) is 0.245. The van der Waals surface area contributed by atoms with Gasteiger partial charge in [-0.15, -0.1) is 0 Å². The number of hydrazone groups is 1. The highest BCUT2D eigenvalue weighted by Gasteiger charge is 2.27. The standard InChI is InChI=1S/C24H24IN3O4S/c1-17-7-9-21(10-8-17)28(33(30,31)23-13-11-22(32-3)12-14-23)16-24(29)27-26-18(2)19-5-4-6-20(25)15-19/h4-15H,16H2,1-3H3,(H,27,29). The van der Waals surface area contributed by atoms with Crippen molar-refractivity contribution in [3.05, 3.63) is 87.5 Å². The van der Waals surface area contributed by atoms with E-state index in [1.807, 2.05) is 31.2 Å². The molecule has 0 aliphatic heterocycles. The molecule has 0 aliphatic rings. The molecule has 0 unspecified atom stereocenters. The maximum atomic E-state index is 13.4. The van der Waals surface area contributed by atoms with E-state index in [1.54, 1.807) is 43.3 Å². The molecule has 3 aromatic rings. The van der Waals surface area contributed by atoms with Gasteiger partial charge in [-0.1, -0.05) is 29.8 Å². The first-order valence-corrected chi connectivity index (χ1v) is 12.5. The SMILES string of the molecule is COc1ccc(S(=O)(=O)N(CC(=O)NN=C(C)c2cccc(I)c2)c2ccc(C)cc2)cc1. The zero-order chi connectivity index (χ0) is 24.0. The Morgan fingerprint density at radius 1 is 1.06 bits per heavy atom. The Morgan fingerprint density at radius 2 is 1.73 bits per heavy atom. The summed E-state index contributed by atoms with van der Waals surface area (Å²) >= 11 is 2.20. The molecule has 1 N–H and O–H groups in total. The first-order valence-electron chi connectivity index (χ1n) is 10.0. The second-order valence-corrected chi connectivity index (χ2v) is 10.4. The normalized spacial score (nSPS) is 11.7. The third kappa shape index (κ3) is 6.32. The number of aryl methyl sites for hydroxylation is 1. The summed E-state index contributed by atoms with van der Waals surface area (Å²) in [5.74, 6) is -0.0217. The molecule has 0 fully saturated rings. The van der Waals surface area contributed by atoms with E-state index in [2.05, 4.69) is 33.1 Å². The van der Waals surface area contributed by atoms with Crippen LogP contribution in [0.5, 0.6) is 5.75 Å². The zero-order valence-corrected chi connectivity index (χ0v) is 21.4. The fourth-order valence-corrected chi connectivity index (χ4v) is 4.96. The van der Waals surface area contributed by atoms with E-state index in [0.717, 1.165) is 19.0 Å². The average molecular weight is 577 g/mol. The number of nitrogens with one attached hydrogen (secondary N) is 1. The van der Waals surface area contributed by atoms with Crippen LogP contribution in [0.15, 0.2) is 82.8 Å². The number of benzene rings is 3. The lowest BCUT2D eigenvalue weighted by Gasteiger charge is -2.24. The van der Waals surface area contributed by atoms with Crippen molar-refractivity contribution in [3.63, 3.8) is 0 Å². The van der Waals surface area contributed by atoms with Crippen LogP contribution in [-0.4, -0.2) is 33.7 Å². The number of carbonyl (C=O) groups excluding carboxylic acids is 1. The molecule has 7 nitrogen and oxygen atoms in total. The summed E-state index contributed by atoms with van der Waals surface area (Å²) in [6.07, 6.45) is 0. The molecule has 3 rings (SSSR count). The Labute approximate surface area is 207 Å². The maximum Gasteiger partial charge on any atom is 0.264 e. The molecule has 0 radical (unpaired) electrons. The summed E-state index contributed by atoms with van der Waals surface area (Å²) in [5, 5.41) is 4.15. The largest absolute Gasteiger partial charge is 0.497 e. The molecule has 0 bridgehead atoms. The van der Waals surface area contributed by atoms with Gasteiger partial charge in [-0.25, -0.2) is 13.8 Å². The third-order valence-corrected chi connectivity index (χ3v) is 7.31. The molecule has 0 spiro atoms. The van der Waals surface area contributed by atoms with Gasteiger partial charge in [0.05, 0.1) is 23.4 Å². The van der Waals surface area contributed by atoms with Crippen molar-refractivity contribution in [2.24, 2.45) is 5.10 Å². The average Bonchev–Trinajstić information content (AvgIpc) is 2.81. The summed E-state index contributed by atoms with van der Waals surface area (Å²) in [4.78, 5) is 12.8. The van der Waals surface area contributed by atoms with E-state index >= 15 is 0 Å². The number of ether oxygens (including phenoxy) is 1. The van der Waals surface area contributed by atoms with Crippen LogP contribution in [0.4, 0.5) is 5.69 Å². The Kier molecular flexibility index (Phi) is 8.09. The van der Waals surface area contributed by atoms with Crippen molar-refractivity contribution in [3.8, 4) is 5.75 Å². The van der Waals surface area contributed by atoms with Crippen LogP contribution in [0.1, 0.15) is 18.1 Å². The molecule has 9 heteroatoms. The summed E-state index contributed by atoms with van der Waals surface area (Å²) in [7, 11) is -2.51. The highest BCUT2D eigenvalue weighted by atomic mass is 127. The topological polar surface area (TPSA) is 88.1 Å². The van der Waals surface area contributed by atoms with Gasteiger partial charge in [-0.2, -0.15) is 5.10 Å². The molecule has 0 saturated carbocycles. The molecule has 0 aromatic heterocycles. The minimum atomic E-state index is -4.02. The second kappa shape index (κ2) is 10.8. The number of halogens is 1. The number of carbonyl (C=O) groups is 1. The highest BCUT2D eigenvalue weighted by molar-refractivity contribution is 14.1. The molecule has 172 valence electrons. The van der Waals surface area contributed by atoms with Crippen LogP contribution in [-0.2, 0) is 14.8 Å². The van der Waals surface area contributed by atoms with Gasteiger partial charge in [0.1, 0.15) is 12.3 Å². The van der Waals surface area contributed by atoms with Crippen molar-refractivity contribution in [1.82, 2.24) is 5.43 Å². The van der Waals surface area contributed by atoms with Crippen LogP contribution in [0.2, 0.25) is 0 Å². The number of methoxy groups -OCH3 is 1. The summed E-state index contributed by atoms with van der Waals surface area (Å²) in [6, 6.07) is 20.7. The lowest BCUT2D eigenvalue weighted by atomic mass is 10.1. The van der Waals surface area contributed by atoms with E-state index in [1.165, 1.54) is 19.2 Å². The molecule has 33 heavy (non-hydrogen) atoms. The Hall–Kier alpha value is -2.92. The molecule has 0 atom stereocenters. The molecule has 1 amide bonds. The van der Waals surface area contributed by atoms with Gasteiger partial charge < -0.3 is 4.74 Å². The van der Waals surface area contributed by atoms with Gasteiger partial charge >= 0.3 is 0 Å². The molecular weight excluding hydrogens is 553 g/mol. The third-order valence-electron chi connectivity index (χ3n) is 4.85. The Morgan fingerprint density at radius 3 is 2.33 bits per heavy atom. The number of sulfonamides is 1. The van der Waals surface area contributed by atoms with Crippen molar-refractivity contribution in [2.45, 2.75) is 18.7 Å². The van der Waals surface area contributed by atoms with Crippen molar-refractivity contribution < 1.29 is 17.9 Å². The van der Waals surface area contributed by atoms with E-state index in [0.29, 0.717) is 17.1 Å². The number of hydrogen-bond donors (Lipinski definition) is 1. The monoisotopic (exact) mass is 577 g/mol. The highest BCUT2D eigenvalue weighted by Crippen LogP contribution is 2.25. The molecular formula is C24H24IN3O4S. The number of rotatable bonds is 8.